The monoisotopic (exact) mass is 312 g/mol. The molecule has 0 fully saturated rings. The summed E-state index contributed by atoms with van der Waals surface area (Å²) in [6.07, 6.45) is 0. The number of rotatable bonds is 5. The van der Waals surface area contributed by atoms with Crippen LogP contribution in [0.1, 0.15) is 0 Å². The Labute approximate surface area is 124 Å². The maximum atomic E-state index is 6.80. The molecule has 0 spiro atoms. The van der Waals surface area contributed by atoms with Crippen LogP contribution >= 0.6 is 18.1 Å². The average Bonchev–Trinajstić information content (AvgIpc) is 2.54. The quantitative estimate of drug-likeness (QED) is 0.794. The topological polar surface area (TPSA) is 27.7 Å². The van der Waals surface area contributed by atoms with E-state index in [1.807, 2.05) is 48.5 Å². The normalized spacial score (nSPS) is 12.0. The Kier molecular flexibility index (Phi) is 4.87. The zero-order valence-electron chi connectivity index (χ0n) is 11.7. The van der Waals surface area contributed by atoms with E-state index in [1.54, 1.807) is 21.3 Å². The Balaban J connectivity index is 2.39. The molecular weight excluding hydrogens is 295 g/mol. The van der Waals surface area contributed by atoms with Gasteiger partial charge in [-0.1, -0.05) is 0 Å². The molecule has 0 aliphatic carbocycles. The van der Waals surface area contributed by atoms with Gasteiger partial charge in [-0.2, -0.15) is 0 Å². The van der Waals surface area contributed by atoms with Crippen molar-refractivity contribution in [3.05, 3.63) is 48.5 Å². The van der Waals surface area contributed by atoms with Gasteiger partial charge in [0, 0.05) is 0 Å². The molecule has 2 aromatic carbocycles. The summed E-state index contributed by atoms with van der Waals surface area (Å²) in [6, 6.07) is 15.4. The fraction of sp³-hybridized carbons (Fsp3) is 0.200. The van der Waals surface area contributed by atoms with Gasteiger partial charge in [-0.15, -0.1) is 0 Å². The Morgan fingerprint density at radius 3 is 1.30 bits per heavy atom. The summed E-state index contributed by atoms with van der Waals surface area (Å²) < 4.78 is 16.0. The summed E-state index contributed by atoms with van der Waals surface area (Å²) >= 11 is 6.80. The molecule has 0 N–H and O–H groups in total. The first-order chi connectivity index (χ1) is 9.63. The zero-order chi connectivity index (χ0) is 14.6. The number of hydrogen-bond acceptors (Lipinski definition) is 3. The second kappa shape index (κ2) is 6.45. The Morgan fingerprint density at radius 2 is 1.05 bits per heavy atom. The summed E-state index contributed by atoms with van der Waals surface area (Å²) in [5, 5.41) is 1.96. The van der Waals surface area contributed by atoms with Crippen LogP contribution in [0.15, 0.2) is 48.5 Å². The first-order valence-corrected chi connectivity index (χ1v) is 9.09. The van der Waals surface area contributed by atoms with E-state index in [2.05, 4.69) is 0 Å². The molecule has 3 nitrogen and oxygen atoms in total. The van der Waals surface area contributed by atoms with Gasteiger partial charge in [-0.25, -0.2) is 0 Å². The van der Waals surface area contributed by atoms with Crippen LogP contribution in [0.3, 0.4) is 0 Å². The molecule has 0 saturated heterocycles. The second-order valence-electron chi connectivity index (χ2n) is 4.26. The maximum absolute atomic E-state index is 6.80. The Bertz CT molecular complexity index is 507. The van der Waals surface area contributed by atoms with Crippen molar-refractivity contribution in [1.82, 2.24) is 0 Å². The molecule has 0 aromatic heterocycles. The molecule has 0 aliphatic rings. The van der Waals surface area contributed by atoms with Crippen LogP contribution in [0.25, 0.3) is 0 Å². The third-order valence-electron chi connectivity index (χ3n) is 3.20. The fourth-order valence-corrected chi connectivity index (χ4v) is 4.76. The molecule has 0 unspecified atom stereocenters. The van der Waals surface area contributed by atoms with E-state index < -0.39 is 6.84 Å². The third kappa shape index (κ3) is 2.90. The van der Waals surface area contributed by atoms with Gasteiger partial charge in [0.1, 0.15) is 0 Å². The molecule has 0 radical (unpaired) electrons. The molecule has 2 rings (SSSR count). The molecule has 0 heterocycles. The van der Waals surface area contributed by atoms with Gasteiger partial charge in [0.05, 0.1) is 0 Å². The number of benzene rings is 2. The summed E-state index contributed by atoms with van der Waals surface area (Å²) in [7, 11) is 4.92. The molecular formula is C15H18ClO3P. The number of hydrogen-bond donors (Lipinski definition) is 0. The van der Waals surface area contributed by atoms with Gasteiger partial charge in [0.25, 0.3) is 0 Å². The van der Waals surface area contributed by atoms with Crippen molar-refractivity contribution in [3.8, 4) is 11.5 Å². The van der Waals surface area contributed by atoms with E-state index >= 15 is 0 Å². The number of ether oxygens (including phenoxy) is 2. The van der Waals surface area contributed by atoms with Crippen molar-refractivity contribution in [2.45, 2.75) is 0 Å². The van der Waals surface area contributed by atoms with Crippen molar-refractivity contribution in [1.29, 1.82) is 0 Å². The van der Waals surface area contributed by atoms with Crippen LogP contribution < -0.4 is 20.1 Å². The van der Waals surface area contributed by atoms with Gasteiger partial charge >= 0.3 is 124 Å². The fourth-order valence-electron chi connectivity index (χ4n) is 2.01. The van der Waals surface area contributed by atoms with Crippen LogP contribution in [0, 0.1) is 0 Å². The van der Waals surface area contributed by atoms with E-state index in [0.717, 1.165) is 22.1 Å². The van der Waals surface area contributed by atoms with Crippen molar-refractivity contribution < 1.29 is 14.0 Å². The van der Waals surface area contributed by atoms with Crippen LogP contribution in [0.5, 0.6) is 11.5 Å². The van der Waals surface area contributed by atoms with Crippen molar-refractivity contribution in [3.63, 3.8) is 0 Å². The van der Waals surface area contributed by atoms with Gasteiger partial charge in [-0.05, 0) is 0 Å². The number of halogens is 1. The standard InChI is InChI=1S/C15H18ClO3P/c1-17-12-4-8-14(9-5-12)20(16,19-3)15-10-6-13(18-2)7-11-15/h4-11,20H,1-3H3. The van der Waals surface area contributed by atoms with E-state index in [9.17, 15) is 0 Å². The van der Waals surface area contributed by atoms with Crippen LogP contribution in [-0.2, 0) is 4.52 Å². The number of methoxy groups -OCH3 is 2. The summed E-state index contributed by atoms with van der Waals surface area (Å²) in [4.78, 5) is 0. The first kappa shape index (κ1) is 15.1. The van der Waals surface area contributed by atoms with E-state index in [4.69, 9.17) is 25.2 Å². The second-order valence-corrected chi connectivity index (χ2v) is 8.61. The first-order valence-electron chi connectivity index (χ1n) is 6.17. The summed E-state index contributed by atoms with van der Waals surface area (Å²) in [6.45, 7) is -2.69. The molecule has 2 aromatic rings. The van der Waals surface area contributed by atoms with E-state index in [0.29, 0.717) is 0 Å². The Morgan fingerprint density at radius 1 is 0.700 bits per heavy atom. The minimum atomic E-state index is -2.69. The van der Waals surface area contributed by atoms with Gasteiger partial charge < -0.3 is 0 Å². The zero-order valence-corrected chi connectivity index (χ0v) is 13.5. The molecule has 0 atom stereocenters. The molecule has 20 heavy (non-hydrogen) atoms. The van der Waals surface area contributed by atoms with Crippen molar-refractivity contribution >= 4 is 28.7 Å². The summed E-state index contributed by atoms with van der Waals surface area (Å²) in [5.41, 5.74) is 0. The van der Waals surface area contributed by atoms with Gasteiger partial charge in [0.2, 0.25) is 0 Å². The third-order valence-corrected chi connectivity index (χ3v) is 7.69. The minimum absolute atomic E-state index is 0.799. The van der Waals surface area contributed by atoms with Crippen LogP contribution in [0.2, 0.25) is 0 Å². The molecule has 5 heteroatoms. The molecule has 0 saturated carbocycles. The van der Waals surface area contributed by atoms with Crippen molar-refractivity contribution in [2.75, 3.05) is 21.3 Å². The Hall–Kier alpha value is -1.28. The van der Waals surface area contributed by atoms with Crippen LogP contribution in [0.4, 0.5) is 0 Å². The summed E-state index contributed by atoms with van der Waals surface area (Å²) in [5.74, 6) is 1.60. The van der Waals surface area contributed by atoms with E-state index in [1.165, 1.54) is 0 Å². The van der Waals surface area contributed by atoms with Crippen LogP contribution in [-0.4, -0.2) is 21.3 Å². The average molecular weight is 313 g/mol. The van der Waals surface area contributed by atoms with E-state index in [-0.39, 0.29) is 0 Å². The van der Waals surface area contributed by atoms with Gasteiger partial charge in [0.15, 0.2) is 0 Å². The SMILES string of the molecule is COc1ccc([PH](Cl)(OC)c2ccc(OC)cc2)cc1. The molecule has 0 bridgehead atoms. The van der Waals surface area contributed by atoms with Gasteiger partial charge in [-0.3, -0.25) is 0 Å². The predicted octanol–water partition coefficient (Wildman–Crippen LogP) is 3.12. The predicted molar refractivity (Wildman–Crippen MR) is 86.4 cm³/mol. The molecule has 0 amide bonds. The molecule has 108 valence electrons. The molecule has 0 aliphatic heterocycles. The van der Waals surface area contributed by atoms with Crippen molar-refractivity contribution in [2.24, 2.45) is 0 Å².